The van der Waals surface area contributed by atoms with Crippen molar-refractivity contribution in [1.29, 1.82) is 0 Å². The molecule has 1 heterocycles. The van der Waals surface area contributed by atoms with Crippen LogP contribution >= 0.6 is 0 Å². The summed E-state index contributed by atoms with van der Waals surface area (Å²) in [6, 6.07) is 24.4. The first-order valence-corrected chi connectivity index (χ1v) is 14.1. The van der Waals surface area contributed by atoms with E-state index in [0.29, 0.717) is 17.7 Å². The molecule has 3 aromatic carbocycles. The van der Waals surface area contributed by atoms with Crippen molar-refractivity contribution in [2.24, 2.45) is 5.92 Å². The van der Waals surface area contributed by atoms with Crippen LogP contribution in [-0.4, -0.2) is 47.0 Å². The van der Waals surface area contributed by atoms with Gasteiger partial charge in [0.05, 0.1) is 24.7 Å². The van der Waals surface area contributed by atoms with E-state index >= 15 is 0 Å². The van der Waals surface area contributed by atoms with Gasteiger partial charge in [0.25, 0.3) is 0 Å². The van der Waals surface area contributed by atoms with Crippen molar-refractivity contribution in [3.8, 4) is 16.8 Å². The molecular weight excluding hydrogens is 567 g/mol. The molecule has 0 spiro atoms. The Labute approximate surface area is 255 Å². The van der Waals surface area contributed by atoms with E-state index in [1.54, 1.807) is 56.3 Å². The van der Waals surface area contributed by atoms with E-state index in [0.717, 1.165) is 22.5 Å². The number of nitrogens with zero attached hydrogens (tertiary/aromatic N) is 2. The number of Topliss-reactive ketones (excluding diaryl/α,β-unsaturated/α-hetero) is 1. The molecule has 4 rings (SSSR count). The minimum Gasteiger partial charge on any atom is -0.465 e. The maximum atomic E-state index is 13.2. The Morgan fingerprint density at radius 2 is 1.45 bits per heavy atom. The fourth-order valence-electron chi connectivity index (χ4n) is 4.88. The third-order valence-corrected chi connectivity index (χ3v) is 6.87. The Hall–Kier alpha value is -5.12. The van der Waals surface area contributed by atoms with Gasteiger partial charge in [0.15, 0.2) is 0 Å². The van der Waals surface area contributed by atoms with Gasteiger partial charge >= 0.3 is 11.9 Å². The summed E-state index contributed by atoms with van der Waals surface area (Å²) < 4.78 is 25.2. The third-order valence-electron chi connectivity index (χ3n) is 6.87. The van der Waals surface area contributed by atoms with Gasteiger partial charge in [-0.2, -0.15) is 0 Å². The monoisotopic (exact) mass is 602 g/mol. The van der Waals surface area contributed by atoms with Gasteiger partial charge in [0.1, 0.15) is 17.5 Å². The molecule has 0 amide bonds. The van der Waals surface area contributed by atoms with Crippen LogP contribution in [0.1, 0.15) is 48.3 Å². The van der Waals surface area contributed by atoms with Crippen molar-refractivity contribution < 1.29 is 33.2 Å². The molecule has 230 valence electrons. The zero-order chi connectivity index (χ0) is 32.2. The van der Waals surface area contributed by atoms with E-state index in [9.17, 15) is 28.9 Å². The number of esters is 2. The molecular formula is C34H35FN2O7. The van der Waals surface area contributed by atoms with Gasteiger partial charge < -0.3 is 14.0 Å². The van der Waals surface area contributed by atoms with Crippen LogP contribution in [0.4, 0.5) is 4.39 Å². The van der Waals surface area contributed by atoms with E-state index in [1.807, 2.05) is 48.0 Å². The van der Waals surface area contributed by atoms with Gasteiger partial charge in [-0.3, -0.25) is 19.7 Å². The minimum atomic E-state index is -1.15. The molecule has 1 aromatic heterocycles. The maximum Gasteiger partial charge on any atom is 0.340 e. The molecule has 0 N–H and O–H groups in total. The Kier molecular flexibility index (Phi) is 12.1. The summed E-state index contributed by atoms with van der Waals surface area (Å²) >= 11 is 0. The van der Waals surface area contributed by atoms with E-state index < -0.39 is 35.1 Å². The van der Waals surface area contributed by atoms with Gasteiger partial charge in [0, 0.05) is 28.1 Å². The molecule has 0 aliphatic rings. The van der Waals surface area contributed by atoms with E-state index in [2.05, 4.69) is 0 Å². The van der Waals surface area contributed by atoms with Crippen LogP contribution in [0, 0.1) is 28.8 Å². The fourth-order valence-corrected chi connectivity index (χ4v) is 4.88. The van der Waals surface area contributed by atoms with Crippen molar-refractivity contribution in [3.05, 3.63) is 124 Å². The number of carbonyl (C=O) groups excluding carboxylic acids is 3. The minimum absolute atomic E-state index is 0.128. The quantitative estimate of drug-likeness (QED) is 0.0823. The smallest absolute Gasteiger partial charge is 0.340 e. The van der Waals surface area contributed by atoms with Gasteiger partial charge in [-0.05, 0) is 63.1 Å². The molecule has 0 aliphatic heterocycles. The first-order valence-electron chi connectivity index (χ1n) is 14.1. The topological polar surface area (TPSA) is 118 Å². The standard InChI is InChI=1S/C20H18FNO2.C14H17NO5/c1-3-24-20(23)19-14(2)22(17-11-9-16(21)10-12-17)13-18(19)15-7-5-4-6-8-15;1-3-20-14(17)13(10(2)16)12(9-15(18)19)11-7-5-4-6-8-11/h4-13H,3H2,1-2H3;4-8,12-13H,3,9H2,1-2H3. The van der Waals surface area contributed by atoms with Crippen molar-refractivity contribution in [2.75, 3.05) is 19.8 Å². The van der Waals surface area contributed by atoms with Crippen molar-refractivity contribution in [2.45, 2.75) is 33.6 Å². The maximum absolute atomic E-state index is 13.2. The second-order valence-electron chi connectivity index (χ2n) is 9.81. The summed E-state index contributed by atoms with van der Waals surface area (Å²) in [5.41, 5.74) is 4.41. The number of ketones is 1. The average Bonchev–Trinajstić information content (AvgIpc) is 3.35. The van der Waals surface area contributed by atoms with Crippen LogP contribution in [0.3, 0.4) is 0 Å². The van der Waals surface area contributed by atoms with Gasteiger partial charge in [-0.15, -0.1) is 0 Å². The van der Waals surface area contributed by atoms with E-state index in [-0.39, 0.29) is 18.4 Å². The lowest BCUT2D eigenvalue weighted by Crippen LogP contribution is -2.34. The summed E-state index contributed by atoms with van der Waals surface area (Å²) in [4.78, 5) is 46.4. The highest BCUT2D eigenvalue weighted by Crippen LogP contribution is 2.31. The number of carbonyl (C=O) groups is 3. The number of ether oxygens (including phenoxy) is 2. The normalized spacial score (nSPS) is 11.8. The molecule has 9 nitrogen and oxygen atoms in total. The van der Waals surface area contributed by atoms with Crippen molar-refractivity contribution in [1.82, 2.24) is 4.57 Å². The largest absolute Gasteiger partial charge is 0.465 e. The fraction of sp³-hybridized carbons (Fsp3) is 0.265. The van der Waals surface area contributed by atoms with Crippen LogP contribution in [-0.2, 0) is 19.1 Å². The first-order chi connectivity index (χ1) is 21.1. The van der Waals surface area contributed by atoms with Gasteiger partial charge in [0.2, 0.25) is 6.54 Å². The molecule has 2 unspecified atom stereocenters. The molecule has 44 heavy (non-hydrogen) atoms. The lowest BCUT2D eigenvalue weighted by Gasteiger charge is -2.20. The van der Waals surface area contributed by atoms with Gasteiger partial charge in [-0.1, -0.05) is 60.7 Å². The third kappa shape index (κ3) is 8.47. The van der Waals surface area contributed by atoms with Crippen molar-refractivity contribution >= 4 is 17.7 Å². The number of nitro groups is 1. The molecule has 0 saturated heterocycles. The lowest BCUT2D eigenvalue weighted by atomic mass is 9.83. The van der Waals surface area contributed by atoms with Gasteiger partial charge in [-0.25, -0.2) is 9.18 Å². The zero-order valence-electron chi connectivity index (χ0n) is 25.1. The SMILES string of the molecule is CCOC(=O)C(C(C)=O)C(C[N+](=O)[O-])c1ccccc1.CCOC(=O)c1c(-c2ccccc2)cn(-c2ccc(F)cc2)c1C. The number of benzene rings is 3. The number of halogens is 1. The molecule has 2 atom stereocenters. The van der Waals surface area contributed by atoms with Crippen LogP contribution in [0.5, 0.6) is 0 Å². The van der Waals surface area contributed by atoms with Crippen LogP contribution in [0.25, 0.3) is 16.8 Å². The molecule has 4 aromatic rings. The summed E-state index contributed by atoms with van der Waals surface area (Å²) in [7, 11) is 0. The Bertz CT molecular complexity index is 1570. The summed E-state index contributed by atoms with van der Waals surface area (Å²) in [5.74, 6) is -3.76. The Morgan fingerprint density at radius 3 is 1.98 bits per heavy atom. The molecule has 0 aliphatic carbocycles. The summed E-state index contributed by atoms with van der Waals surface area (Å²) in [5, 5.41) is 10.8. The van der Waals surface area contributed by atoms with E-state index in [1.165, 1.54) is 19.1 Å². The summed E-state index contributed by atoms with van der Waals surface area (Å²) in [6.45, 7) is 6.47. The second kappa shape index (κ2) is 15.9. The first kappa shape index (κ1) is 33.4. The highest BCUT2D eigenvalue weighted by atomic mass is 19.1. The predicted octanol–water partition coefficient (Wildman–Crippen LogP) is 6.58. The molecule has 10 heteroatoms. The number of aromatic nitrogens is 1. The predicted molar refractivity (Wildman–Crippen MR) is 164 cm³/mol. The average molecular weight is 603 g/mol. The highest BCUT2D eigenvalue weighted by molar-refractivity contribution is 5.99. The Balaban J connectivity index is 0.000000245. The molecule has 0 saturated carbocycles. The van der Waals surface area contributed by atoms with Crippen LogP contribution in [0.2, 0.25) is 0 Å². The number of hydrogen-bond acceptors (Lipinski definition) is 7. The molecule has 0 fully saturated rings. The lowest BCUT2D eigenvalue weighted by molar-refractivity contribution is -0.484. The molecule has 0 radical (unpaired) electrons. The van der Waals surface area contributed by atoms with Crippen LogP contribution < -0.4 is 0 Å². The zero-order valence-corrected chi connectivity index (χ0v) is 25.1. The Morgan fingerprint density at radius 1 is 0.886 bits per heavy atom. The molecule has 0 bridgehead atoms. The number of hydrogen-bond donors (Lipinski definition) is 0. The number of rotatable bonds is 11. The summed E-state index contributed by atoms with van der Waals surface area (Å²) in [6.07, 6.45) is 1.89. The van der Waals surface area contributed by atoms with Crippen LogP contribution in [0.15, 0.2) is 91.1 Å². The highest BCUT2D eigenvalue weighted by Gasteiger charge is 2.37. The van der Waals surface area contributed by atoms with Crippen molar-refractivity contribution in [3.63, 3.8) is 0 Å². The second-order valence-corrected chi connectivity index (χ2v) is 9.81. The van der Waals surface area contributed by atoms with E-state index in [4.69, 9.17) is 9.47 Å².